The molecule has 23 heavy (non-hydrogen) atoms. The number of piperidine rings is 1. The second-order valence-corrected chi connectivity index (χ2v) is 7.56. The number of likely N-dealkylation sites (N-methyl/N-ethyl adjacent to an activating group) is 1. The second-order valence-electron chi connectivity index (χ2n) is 7.56. The number of benzene rings is 1. The van der Waals surface area contributed by atoms with Gasteiger partial charge in [0.1, 0.15) is 18.4 Å². The molecule has 1 aromatic rings. The van der Waals surface area contributed by atoms with Gasteiger partial charge >= 0.3 is 0 Å². The molecule has 2 aliphatic carbocycles. The Kier molecular flexibility index (Phi) is 2.68. The molecule has 1 saturated heterocycles. The minimum absolute atomic E-state index is 0.200. The fourth-order valence-corrected chi connectivity index (χ4v) is 5.80. The summed E-state index contributed by atoms with van der Waals surface area (Å²) in [6, 6.07) is 4.39. The Hall–Kier alpha value is -1.33. The van der Waals surface area contributed by atoms with Gasteiger partial charge in [-0.15, -0.1) is 0 Å². The number of nitrogens with zero attached hydrogens (tertiary/aromatic N) is 1. The number of rotatable bonds is 1. The smallest absolute Gasteiger partial charge is 0.165 e. The Morgan fingerprint density at radius 1 is 1.43 bits per heavy atom. The maximum atomic E-state index is 14.5. The molecule has 4 nitrogen and oxygen atoms in total. The number of aliphatic hydroxyl groups is 1. The van der Waals surface area contributed by atoms with Crippen LogP contribution in [0.5, 0.6) is 11.5 Å². The van der Waals surface area contributed by atoms with Crippen LogP contribution in [0.15, 0.2) is 12.1 Å². The van der Waals surface area contributed by atoms with Crippen molar-refractivity contribution in [3.8, 4) is 11.5 Å². The Labute approximate surface area is 135 Å². The third-order valence-corrected chi connectivity index (χ3v) is 6.81. The summed E-state index contributed by atoms with van der Waals surface area (Å²) >= 11 is 0. The van der Waals surface area contributed by atoms with Crippen molar-refractivity contribution in [2.24, 2.45) is 5.92 Å². The summed E-state index contributed by atoms with van der Waals surface area (Å²) in [4.78, 5) is 2.36. The molecule has 2 aliphatic heterocycles. The fourth-order valence-electron chi connectivity index (χ4n) is 5.80. The molecule has 2 heterocycles. The van der Waals surface area contributed by atoms with Gasteiger partial charge in [0.2, 0.25) is 0 Å². The maximum Gasteiger partial charge on any atom is 0.165 e. The third kappa shape index (κ3) is 1.48. The monoisotopic (exact) mass is 319 g/mol. The molecule has 0 unspecified atom stereocenters. The maximum absolute atomic E-state index is 14.5. The molecule has 6 atom stereocenters. The lowest BCUT2D eigenvalue weighted by atomic mass is 9.51. The third-order valence-electron chi connectivity index (χ3n) is 6.81. The second kappa shape index (κ2) is 4.39. The highest BCUT2D eigenvalue weighted by atomic mass is 19.1. The van der Waals surface area contributed by atoms with Crippen molar-refractivity contribution in [3.63, 3.8) is 0 Å². The molecule has 1 N–H and O–H groups in total. The van der Waals surface area contributed by atoms with Gasteiger partial charge in [-0.05, 0) is 50.4 Å². The van der Waals surface area contributed by atoms with Crippen molar-refractivity contribution in [2.75, 3.05) is 20.7 Å². The molecule has 1 spiro atoms. The number of alkyl halides is 1. The van der Waals surface area contributed by atoms with Gasteiger partial charge in [-0.25, -0.2) is 4.39 Å². The molecule has 5 rings (SSSR count). The van der Waals surface area contributed by atoms with E-state index in [1.54, 1.807) is 7.11 Å². The average molecular weight is 319 g/mol. The van der Waals surface area contributed by atoms with E-state index in [4.69, 9.17) is 9.47 Å². The first kappa shape index (κ1) is 14.1. The predicted molar refractivity (Wildman–Crippen MR) is 82.8 cm³/mol. The summed E-state index contributed by atoms with van der Waals surface area (Å²) in [7, 11) is 3.77. The number of halogens is 1. The Balaban J connectivity index is 1.79. The van der Waals surface area contributed by atoms with Crippen LogP contribution in [0, 0.1) is 5.92 Å². The van der Waals surface area contributed by atoms with Crippen molar-refractivity contribution in [1.82, 2.24) is 4.90 Å². The molecule has 2 fully saturated rings. The molecular weight excluding hydrogens is 297 g/mol. The zero-order valence-corrected chi connectivity index (χ0v) is 13.5. The quantitative estimate of drug-likeness (QED) is 0.855. The zero-order chi connectivity index (χ0) is 15.9. The number of methoxy groups -OCH3 is 1. The van der Waals surface area contributed by atoms with E-state index in [9.17, 15) is 9.50 Å². The van der Waals surface area contributed by atoms with Crippen LogP contribution in [-0.4, -0.2) is 55.1 Å². The molecule has 2 bridgehead atoms. The summed E-state index contributed by atoms with van der Waals surface area (Å²) in [6.07, 6.45) is -0.503. The van der Waals surface area contributed by atoms with Gasteiger partial charge in [0.25, 0.3) is 0 Å². The lowest BCUT2D eigenvalue weighted by Gasteiger charge is -2.58. The van der Waals surface area contributed by atoms with E-state index in [1.807, 2.05) is 6.07 Å². The minimum Gasteiger partial charge on any atom is -0.493 e. The molecule has 1 aromatic carbocycles. The van der Waals surface area contributed by atoms with Gasteiger partial charge in [0.05, 0.1) is 7.11 Å². The number of hydrogen-bond acceptors (Lipinski definition) is 4. The van der Waals surface area contributed by atoms with Crippen molar-refractivity contribution < 1.29 is 19.0 Å². The molecule has 124 valence electrons. The van der Waals surface area contributed by atoms with E-state index in [2.05, 4.69) is 18.0 Å². The topological polar surface area (TPSA) is 41.9 Å². The van der Waals surface area contributed by atoms with E-state index < -0.39 is 18.4 Å². The van der Waals surface area contributed by atoms with Gasteiger partial charge in [0.15, 0.2) is 11.5 Å². The van der Waals surface area contributed by atoms with E-state index in [0.29, 0.717) is 18.2 Å². The summed E-state index contributed by atoms with van der Waals surface area (Å²) in [5, 5.41) is 10.5. The molecule has 5 heteroatoms. The predicted octanol–water partition coefficient (Wildman–Crippen LogP) is 1.67. The van der Waals surface area contributed by atoms with Crippen LogP contribution in [0.3, 0.4) is 0 Å². The molecule has 0 aromatic heterocycles. The first-order valence-electron chi connectivity index (χ1n) is 8.47. The molecular formula is C18H22FNO3. The van der Waals surface area contributed by atoms with Crippen molar-refractivity contribution in [3.05, 3.63) is 23.3 Å². The molecule has 1 saturated carbocycles. The van der Waals surface area contributed by atoms with Gasteiger partial charge in [-0.3, -0.25) is 0 Å². The molecule has 0 amide bonds. The zero-order valence-electron chi connectivity index (χ0n) is 13.5. The first-order chi connectivity index (χ1) is 11.1. The van der Waals surface area contributed by atoms with Gasteiger partial charge in [-0.1, -0.05) is 6.07 Å². The van der Waals surface area contributed by atoms with Crippen LogP contribution in [0.1, 0.15) is 24.0 Å². The standard InChI is InChI=1S/C18H22FNO3/c1-20-6-5-18-10-8-11(19)15(21)17(18)23-16-13(22-2)4-3-9(14(16)18)7-12(10)20/h3-4,10-12,15,17,21H,5-8H2,1-2H3/t10-,11+,12+,15-,17-,18-/m0/s1. The van der Waals surface area contributed by atoms with Gasteiger partial charge in [0, 0.05) is 17.0 Å². The Morgan fingerprint density at radius 3 is 3.04 bits per heavy atom. The number of aliphatic hydroxyl groups excluding tert-OH is 1. The summed E-state index contributed by atoms with van der Waals surface area (Å²) < 4.78 is 26.2. The number of likely N-dealkylation sites (tertiary alicyclic amines) is 1. The van der Waals surface area contributed by atoms with Crippen LogP contribution in [0.25, 0.3) is 0 Å². The SMILES string of the molecule is COc1ccc2c3c1O[C@H]1[C@@H](O)[C@H](F)C[C@H]4[C@@H](C2)N(C)CC[C@@]341. The highest BCUT2D eigenvalue weighted by Gasteiger charge is 2.67. The average Bonchev–Trinajstić information content (AvgIpc) is 2.89. The lowest BCUT2D eigenvalue weighted by molar-refractivity contribution is -0.131. The summed E-state index contributed by atoms with van der Waals surface area (Å²) in [5.74, 6) is 1.65. The Bertz CT molecular complexity index is 680. The molecule has 4 aliphatic rings. The Morgan fingerprint density at radius 2 is 2.26 bits per heavy atom. The number of hydrogen-bond donors (Lipinski definition) is 1. The van der Waals surface area contributed by atoms with Crippen molar-refractivity contribution >= 4 is 0 Å². The van der Waals surface area contributed by atoms with Crippen LogP contribution >= 0.6 is 0 Å². The van der Waals surface area contributed by atoms with Gasteiger partial charge in [-0.2, -0.15) is 0 Å². The summed E-state index contributed by atoms with van der Waals surface area (Å²) in [6.45, 7) is 0.959. The van der Waals surface area contributed by atoms with Crippen LogP contribution in [0.2, 0.25) is 0 Å². The number of ether oxygens (including phenoxy) is 2. The largest absolute Gasteiger partial charge is 0.493 e. The molecule has 0 radical (unpaired) electrons. The highest BCUT2D eigenvalue weighted by Crippen LogP contribution is 2.63. The normalized spacial score (nSPS) is 43.7. The first-order valence-corrected chi connectivity index (χ1v) is 8.47. The van der Waals surface area contributed by atoms with E-state index >= 15 is 0 Å². The van der Waals surface area contributed by atoms with Crippen LogP contribution in [-0.2, 0) is 11.8 Å². The van der Waals surface area contributed by atoms with Crippen molar-refractivity contribution in [1.29, 1.82) is 0 Å². The minimum atomic E-state index is -1.21. The van der Waals surface area contributed by atoms with E-state index in [0.717, 1.165) is 25.1 Å². The lowest BCUT2D eigenvalue weighted by Crippen LogP contribution is -2.68. The van der Waals surface area contributed by atoms with Crippen LogP contribution in [0.4, 0.5) is 4.39 Å². The van der Waals surface area contributed by atoms with Crippen molar-refractivity contribution in [2.45, 2.75) is 49.1 Å². The van der Waals surface area contributed by atoms with E-state index in [1.165, 1.54) is 11.1 Å². The highest BCUT2D eigenvalue weighted by molar-refractivity contribution is 5.61. The van der Waals surface area contributed by atoms with E-state index in [-0.39, 0.29) is 11.3 Å². The fraction of sp³-hybridized carbons (Fsp3) is 0.667. The van der Waals surface area contributed by atoms with Crippen LogP contribution < -0.4 is 9.47 Å². The summed E-state index contributed by atoms with van der Waals surface area (Å²) in [5.41, 5.74) is 2.22. The van der Waals surface area contributed by atoms with Gasteiger partial charge < -0.3 is 19.5 Å².